The van der Waals surface area contributed by atoms with Crippen LogP contribution in [-0.2, 0) is 6.18 Å². The molecule has 0 spiro atoms. The summed E-state index contributed by atoms with van der Waals surface area (Å²) < 4.78 is 38.1. The fourth-order valence-electron chi connectivity index (χ4n) is 2.82. The number of carbonyl (C=O) groups excluding carboxylic acids is 2. The molecule has 1 aromatic carbocycles. The van der Waals surface area contributed by atoms with E-state index >= 15 is 0 Å². The molecule has 2 aromatic rings. The van der Waals surface area contributed by atoms with E-state index in [-0.39, 0.29) is 24.0 Å². The van der Waals surface area contributed by atoms with E-state index < -0.39 is 11.7 Å². The van der Waals surface area contributed by atoms with Gasteiger partial charge in [0, 0.05) is 31.7 Å². The molecule has 1 aliphatic heterocycles. The summed E-state index contributed by atoms with van der Waals surface area (Å²) in [6, 6.07) is 8.01. The van der Waals surface area contributed by atoms with Crippen LogP contribution in [0.3, 0.4) is 0 Å². The van der Waals surface area contributed by atoms with Gasteiger partial charge in [0.1, 0.15) is 0 Å². The Morgan fingerprint density at radius 3 is 2.45 bits per heavy atom. The molecule has 1 aromatic heterocycles. The number of amides is 3. The maximum absolute atomic E-state index is 12.7. The molecule has 5 nitrogen and oxygen atoms in total. The molecule has 1 aliphatic rings. The first-order chi connectivity index (χ1) is 13.8. The van der Waals surface area contributed by atoms with Crippen LogP contribution in [0.2, 0.25) is 0 Å². The van der Waals surface area contributed by atoms with Gasteiger partial charge in [-0.25, -0.2) is 4.79 Å². The zero-order chi connectivity index (χ0) is 20.9. The van der Waals surface area contributed by atoms with Crippen molar-refractivity contribution < 1.29 is 22.8 Å². The van der Waals surface area contributed by atoms with Crippen LogP contribution in [0.25, 0.3) is 0 Å². The first-order valence-electron chi connectivity index (χ1n) is 8.86. The summed E-state index contributed by atoms with van der Waals surface area (Å²) in [6.07, 6.45) is -4.42. The minimum atomic E-state index is -4.42. The fraction of sp³-hybridized carbons (Fsp3) is 0.300. The molecule has 1 saturated heterocycles. The quantitative estimate of drug-likeness (QED) is 0.757. The number of benzene rings is 1. The molecule has 0 bridgehead atoms. The Hall–Kier alpha value is -2.99. The number of urea groups is 1. The van der Waals surface area contributed by atoms with Gasteiger partial charge in [0.2, 0.25) is 0 Å². The molecule has 9 heteroatoms. The van der Waals surface area contributed by atoms with Crippen molar-refractivity contribution in [1.29, 1.82) is 0 Å². The van der Waals surface area contributed by atoms with Crippen LogP contribution in [0.15, 0.2) is 41.8 Å². The first kappa shape index (κ1) is 20.7. The van der Waals surface area contributed by atoms with E-state index in [0.717, 1.165) is 12.1 Å². The minimum Gasteiger partial charge on any atom is -0.334 e. The maximum atomic E-state index is 12.7. The molecule has 0 unspecified atom stereocenters. The minimum absolute atomic E-state index is 0.0173. The van der Waals surface area contributed by atoms with E-state index in [4.69, 9.17) is 0 Å². The van der Waals surface area contributed by atoms with Gasteiger partial charge in [0.25, 0.3) is 5.91 Å². The maximum Gasteiger partial charge on any atom is 0.416 e. The van der Waals surface area contributed by atoms with E-state index in [9.17, 15) is 22.8 Å². The van der Waals surface area contributed by atoms with Crippen LogP contribution >= 0.6 is 11.3 Å². The second-order valence-corrected chi connectivity index (χ2v) is 7.24. The van der Waals surface area contributed by atoms with Crippen LogP contribution in [0, 0.1) is 11.8 Å². The molecular weight excluding hydrogens is 403 g/mol. The van der Waals surface area contributed by atoms with Gasteiger partial charge in [-0.15, -0.1) is 11.3 Å². The molecule has 0 atom stereocenters. The number of carbonyl (C=O) groups is 2. The molecule has 1 fully saturated rings. The predicted molar refractivity (Wildman–Crippen MR) is 104 cm³/mol. The van der Waals surface area contributed by atoms with Crippen molar-refractivity contribution in [2.75, 3.05) is 32.7 Å². The Kier molecular flexibility index (Phi) is 6.44. The second kappa shape index (κ2) is 9.01. The Morgan fingerprint density at radius 2 is 1.79 bits per heavy atom. The van der Waals surface area contributed by atoms with Gasteiger partial charge in [0.15, 0.2) is 0 Å². The summed E-state index contributed by atoms with van der Waals surface area (Å²) in [6.45, 7) is 1.72. The van der Waals surface area contributed by atoms with Crippen molar-refractivity contribution in [2.45, 2.75) is 6.18 Å². The van der Waals surface area contributed by atoms with Crippen molar-refractivity contribution in [3.63, 3.8) is 0 Å². The number of nitrogens with zero attached hydrogens (tertiary/aromatic N) is 2. The normalized spacial score (nSPS) is 14.2. The molecule has 2 heterocycles. The zero-order valence-corrected chi connectivity index (χ0v) is 16.1. The molecule has 3 amide bonds. The summed E-state index contributed by atoms with van der Waals surface area (Å²) in [5.41, 5.74) is -0.530. The molecule has 3 rings (SSSR count). The predicted octanol–water partition coefficient (Wildman–Crippen LogP) is 3.29. The first-order valence-corrected chi connectivity index (χ1v) is 9.74. The monoisotopic (exact) mass is 421 g/mol. The van der Waals surface area contributed by atoms with Crippen LogP contribution in [0.4, 0.5) is 18.0 Å². The molecule has 1 N–H and O–H groups in total. The highest BCUT2D eigenvalue weighted by Crippen LogP contribution is 2.29. The van der Waals surface area contributed by atoms with Crippen LogP contribution in [0.5, 0.6) is 0 Å². The van der Waals surface area contributed by atoms with Gasteiger partial charge >= 0.3 is 12.2 Å². The van der Waals surface area contributed by atoms with E-state index in [0.29, 0.717) is 31.1 Å². The van der Waals surface area contributed by atoms with E-state index in [1.165, 1.54) is 23.5 Å². The number of alkyl halides is 3. The lowest BCUT2D eigenvalue weighted by Crippen LogP contribution is -2.53. The third-order valence-corrected chi connectivity index (χ3v) is 5.19. The van der Waals surface area contributed by atoms with Crippen molar-refractivity contribution in [1.82, 2.24) is 15.1 Å². The molecule has 152 valence electrons. The average Bonchev–Trinajstić information content (AvgIpc) is 3.25. The summed E-state index contributed by atoms with van der Waals surface area (Å²) in [5, 5.41) is 4.47. The van der Waals surface area contributed by atoms with Gasteiger partial charge in [0.05, 0.1) is 17.0 Å². The molecule has 0 aliphatic carbocycles. The van der Waals surface area contributed by atoms with Gasteiger partial charge in [-0.05, 0) is 29.6 Å². The van der Waals surface area contributed by atoms with Crippen molar-refractivity contribution in [3.05, 3.63) is 57.8 Å². The van der Waals surface area contributed by atoms with Gasteiger partial charge in [-0.1, -0.05) is 24.0 Å². The standard InChI is InChI=1S/C20H18F3N3O2S/c21-20(22,23)16-6-1-4-15(14-16)5-2-8-24-19(28)26-11-9-25(10-12-26)18(27)17-7-3-13-29-17/h1,3-4,6-7,13-14H,8-12H2,(H,24,28). The molecule has 29 heavy (non-hydrogen) atoms. The highest BCUT2D eigenvalue weighted by atomic mass is 32.1. The highest BCUT2D eigenvalue weighted by molar-refractivity contribution is 7.12. The third-order valence-electron chi connectivity index (χ3n) is 4.34. The highest BCUT2D eigenvalue weighted by Gasteiger charge is 2.30. The SMILES string of the molecule is O=C(NCC#Cc1cccc(C(F)(F)F)c1)N1CCN(C(=O)c2cccs2)CC1. The number of hydrogen-bond acceptors (Lipinski definition) is 3. The number of halogens is 3. The third kappa shape index (κ3) is 5.51. The number of hydrogen-bond donors (Lipinski definition) is 1. The summed E-state index contributed by atoms with van der Waals surface area (Å²) >= 11 is 1.38. The van der Waals surface area contributed by atoms with Crippen LogP contribution in [0.1, 0.15) is 20.8 Å². The van der Waals surface area contributed by atoms with Crippen molar-refractivity contribution >= 4 is 23.3 Å². The van der Waals surface area contributed by atoms with Gasteiger partial charge < -0.3 is 15.1 Å². The number of rotatable bonds is 2. The number of piperazine rings is 1. The van der Waals surface area contributed by atoms with E-state index in [1.807, 2.05) is 11.4 Å². The van der Waals surface area contributed by atoms with E-state index in [2.05, 4.69) is 17.2 Å². The van der Waals surface area contributed by atoms with Gasteiger partial charge in [-0.3, -0.25) is 4.79 Å². The number of thiophene rings is 1. The lowest BCUT2D eigenvalue weighted by atomic mass is 10.1. The fourth-order valence-corrected chi connectivity index (χ4v) is 3.51. The zero-order valence-electron chi connectivity index (χ0n) is 15.3. The Bertz CT molecular complexity index is 924. The van der Waals surface area contributed by atoms with Crippen LogP contribution in [-0.4, -0.2) is 54.5 Å². The summed E-state index contributed by atoms with van der Waals surface area (Å²) in [4.78, 5) is 28.5. The molecule has 0 saturated carbocycles. The molecular formula is C20H18F3N3O2S. The van der Waals surface area contributed by atoms with Gasteiger partial charge in [-0.2, -0.15) is 13.2 Å². The molecule has 0 radical (unpaired) electrons. The smallest absolute Gasteiger partial charge is 0.334 e. The van der Waals surface area contributed by atoms with Crippen molar-refractivity contribution in [3.8, 4) is 11.8 Å². The Labute approximate surface area is 170 Å². The Balaban J connectivity index is 1.46. The topological polar surface area (TPSA) is 52.7 Å². The lowest BCUT2D eigenvalue weighted by Gasteiger charge is -2.34. The Morgan fingerprint density at radius 1 is 1.07 bits per heavy atom. The summed E-state index contributed by atoms with van der Waals surface area (Å²) in [5.74, 6) is 5.24. The lowest BCUT2D eigenvalue weighted by molar-refractivity contribution is -0.137. The van der Waals surface area contributed by atoms with Crippen molar-refractivity contribution in [2.24, 2.45) is 0 Å². The average molecular weight is 421 g/mol. The largest absolute Gasteiger partial charge is 0.416 e. The van der Waals surface area contributed by atoms with Crippen LogP contribution < -0.4 is 5.32 Å². The summed E-state index contributed by atoms with van der Waals surface area (Å²) in [7, 11) is 0. The number of nitrogens with one attached hydrogen (secondary N) is 1. The second-order valence-electron chi connectivity index (χ2n) is 6.30. The van der Waals surface area contributed by atoms with E-state index in [1.54, 1.807) is 15.9 Å².